The van der Waals surface area contributed by atoms with E-state index in [2.05, 4.69) is 15.3 Å². The Morgan fingerprint density at radius 1 is 1.36 bits per heavy atom. The van der Waals surface area contributed by atoms with Crippen molar-refractivity contribution in [1.82, 2.24) is 19.8 Å². The molecule has 2 rings (SSSR count). The van der Waals surface area contributed by atoms with E-state index < -0.39 is 22.8 Å². The Kier molecular flexibility index (Phi) is 6.17. The zero-order valence-corrected chi connectivity index (χ0v) is 16.5. The highest BCUT2D eigenvalue weighted by molar-refractivity contribution is 5.94. The molecule has 9 heteroatoms. The molecule has 0 radical (unpaired) electrons. The van der Waals surface area contributed by atoms with E-state index in [1.165, 1.54) is 35.9 Å². The first-order valence-electron chi connectivity index (χ1n) is 8.58. The van der Waals surface area contributed by atoms with Gasteiger partial charge in [-0.2, -0.15) is 0 Å². The minimum Gasteiger partial charge on any atom is -0.501 e. The molecule has 0 spiro atoms. The lowest BCUT2D eigenvalue weighted by Crippen LogP contribution is -2.34. The molecule has 1 heterocycles. The third-order valence-corrected chi connectivity index (χ3v) is 4.01. The van der Waals surface area contributed by atoms with E-state index in [0.717, 1.165) is 0 Å². The lowest BCUT2D eigenvalue weighted by atomic mass is 10.1. The summed E-state index contributed by atoms with van der Waals surface area (Å²) in [6.45, 7) is 3.57. The minimum absolute atomic E-state index is 0.0902. The second-order valence-corrected chi connectivity index (χ2v) is 7.07. The van der Waals surface area contributed by atoms with Crippen molar-refractivity contribution in [1.29, 1.82) is 0 Å². The van der Waals surface area contributed by atoms with Gasteiger partial charge in [0.25, 0.3) is 11.5 Å². The maximum absolute atomic E-state index is 13.0. The fourth-order valence-electron chi connectivity index (χ4n) is 2.48. The minimum atomic E-state index is -0.919. The van der Waals surface area contributed by atoms with Gasteiger partial charge in [-0.05, 0) is 31.5 Å². The molecule has 0 aliphatic carbocycles. The average Bonchev–Trinajstić information content (AvgIpc) is 2.64. The third kappa shape index (κ3) is 4.73. The van der Waals surface area contributed by atoms with E-state index >= 15 is 0 Å². The van der Waals surface area contributed by atoms with Crippen molar-refractivity contribution in [2.24, 2.45) is 12.0 Å². The van der Waals surface area contributed by atoms with Crippen molar-refractivity contribution in [3.8, 4) is 5.75 Å². The van der Waals surface area contributed by atoms with Crippen molar-refractivity contribution >= 4 is 12.2 Å². The molecule has 0 saturated carbocycles. The number of aromatic hydroxyl groups is 1. The van der Waals surface area contributed by atoms with E-state index in [9.17, 15) is 19.1 Å². The Labute approximate surface area is 162 Å². The molecule has 1 amide bonds. The number of nitrogens with zero attached hydrogens (tertiary/aromatic N) is 4. The van der Waals surface area contributed by atoms with Crippen LogP contribution in [0.3, 0.4) is 0 Å². The van der Waals surface area contributed by atoms with Crippen LogP contribution in [-0.2, 0) is 19.1 Å². The van der Waals surface area contributed by atoms with Gasteiger partial charge in [-0.25, -0.2) is 9.37 Å². The number of halogens is 1. The van der Waals surface area contributed by atoms with Gasteiger partial charge in [0, 0.05) is 27.7 Å². The smallest absolute Gasteiger partial charge is 0.296 e. The van der Waals surface area contributed by atoms with E-state index in [1.54, 1.807) is 39.2 Å². The summed E-state index contributed by atoms with van der Waals surface area (Å²) < 4.78 is 14.1. The molecular formula is C19H24FN5O3. The molecule has 1 aromatic carbocycles. The molecule has 0 aliphatic heterocycles. The molecule has 0 unspecified atom stereocenters. The molecule has 2 aromatic rings. The fourth-order valence-corrected chi connectivity index (χ4v) is 2.48. The Morgan fingerprint density at radius 2 is 1.96 bits per heavy atom. The van der Waals surface area contributed by atoms with Crippen molar-refractivity contribution in [2.45, 2.75) is 25.9 Å². The van der Waals surface area contributed by atoms with Crippen molar-refractivity contribution < 1.29 is 14.3 Å². The Morgan fingerprint density at radius 3 is 2.54 bits per heavy atom. The molecule has 28 heavy (non-hydrogen) atoms. The summed E-state index contributed by atoms with van der Waals surface area (Å²) in [5, 5.41) is 12.7. The largest absolute Gasteiger partial charge is 0.501 e. The van der Waals surface area contributed by atoms with Gasteiger partial charge in [-0.1, -0.05) is 12.1 Å². The quantitative estimate of drug-likeness (QED) is 0.574. The first-order valence-corrected chi connectivity index (χ1v) is 8.58. The number of aromatic nitrogens is 2. The lowest BCUT2D eigenvalue weighted by molar-refractivity contribution is 0.0941. The molecular weight excluding hydrogens is 365 g/mol. The van der Waals surface area contributed by atoms with Crippen LogP contribution >= 0.6 is 0 Å². The first-order chi connectivity index (χ1) is 13.0. The van der Waals surface area contributed by atoms with Crippen molar-refractivity contribution in [3.05, 3.63) is 57.5 Å². The van der Waals surface area contributed by atoms with Crippen LogP contribution in [0, 0.1) is 5.82 Å². The molecule has 0 atom stereocenters. The number of aliphatic imine (C=N–C) groups is 1. The summed E-state index contributed by atoms with van der Waals surface area (Å²) in [7, 11) is 5.06. The van der Waals surface area contributed by atoms with Crippen LogP contribution in [0.5, 0.6) is 5.75 Å². The Balaban J connectivity index is 2.36. The average molecular weight is 389 g/mol. The van der Waals surface area contributed by atoms with Crippen molar-refractivity contribution in [2.75, 3.05) is 14.1 Å². The van der Waals surface area contributed by atoms with Gasteiger partial charge < -0.3 is 15.3 Å². The van der Waals surface area contributed by atoms with Gasteiger partial charge in [0.2, 0.25) is 5.75 Å². The SMILES string of the molecule is CN(C)C=NC(C)(C)c1nc(C(=O)NCc2ccc(F)cc2)c(O)c(=O)n1C. The number of carbonyl (C=O) groups excluding carboxylic acids is 1. The van der Waals surface area contributed by atoms with Crippen molar-refractivity contribution in [3.63, 3.8) is 0 Å². The maximum Gasteiger partial charge on any atom is 0.296 e. The fraction of sp³-hybridized carbons (Fsp3) is 0.368. The predicted molar refractivity (Wildman–Crippen MR) is 104 cm³/mol. The maximum atomic E-state index is 13.0. The summed E-state index contributed by atoms with van der Waals surface area (Å²) in [4.78, 5) is 35.3. The molecule has 8 nitrogen and oxygen atoms in total. The van der Waals surface area contributed by atoms with Gasteiger partial charge in [-0.3, -0.25) is 19.1 Å². The Bertz CT molecular complexity index is 949. The molecule has 0 bridgehead atoms. The van der Waals surface area contributed by atoms with Gasteiger partial charge in [0.15, 0.2) is 5.69 Å². The van der Waals surface area contributed by atoms with Crippen LogP contribution in [0.1, 0.15) is 35.7 Å². The van der Waals surface area contributed by atoms with Crippen LogP contribution in [-0.4, -0.2) is 45.9 Å². The number of hydrogen-bond donors (Lipinski definition) is 2. The van der Waals surface area contributed by atoms with Crippen LogP contribution in [0.4, 0.5) is 4.39 Å². The standard InChI is InChI=1S/C19H24FN5O3/c1-19(2,22-11-24(3)4)18-23-14(15(26)17(28)25(18)5)16(27)21-10-12-6-8-13(20)9-7-12/h6-9,11,26H,10H2,1-5H3,(H,21,27). The summed E-state index contributed by atoms with van der Waals surface area (Å²) >= 11 is 0. The van der Waals surface area contributed by atoms with Gasteiger partial charge in [-0.15, -0.1) is 0 Å². The molecule has 2 N–H and O–H groups in total. The lowest BCUT2D eigenvalue weighted by Gasteiger charge is -2.23. The van der Waals surface area contributed by atoms with E-state index in [4.69, 9.17) is 0 Å². The van der Waals surface area contributed by atoms with Gasteiger partial charge in [0.05, 0.1) is 6.34 Å². The highest BCUT2D eigenvalue weighted by atomic mass is 19.1. The number of benzene rings is 1. The van der Waals surface area contributed by atoms with Crippen LogP contribution in [0.2, 0.25) is 0 Å². The second kappa shape index (κ2) is 8.20. The van der Waals surface area contributed by atoms with Crippen LogP contribution < -0.4 is 10.9 Å². The number of rotatable bonds is 6. The third-order valence-electron chi connectivity index (χ3n) is 4.01. The zero-order chi connectivity index (χ0) is 21.1. The van der Waals surface area contributed by atoms with Gasteiger partial charge in [0.1, 0.15) is 17.2 Å². The first kappa shape index (κ1) is 21.1. The Hall–Kier alpha value is -3.23. The highest BCUT2D eigenvalue weighted by Crippen LogP contribution is 2.23. The monoisotopic (exact) mass is 389 g/mol. The van der Waals surface area contributed by atoms with Crippen LogP contribution in [0.15, 0.2) is 34.1 Å². The molecule has 0 saturated heterocycles. The van der Waals surface area contributed by atoms with E-state index in [1.807, 2.05) is 0 Å². The number of amides is 1. The topological polar surface area (TPSA) is 99.8 Å². The zero-order valence-electron chi connectivity index (χ0n) is 16.5. The summed E-state index contributed by atoms with van der Waals surface area (Å²) in [5.41, 5.74) is -1.38. The highest BCUT2D eigenvalue weighted by Gasteiger charge is 2.29. The number of carbonyl (C=O) groups is 1. The second-order valence-electron chi connectivity index (χ2n) is 7.07. The summed E-state index contributed by atoms with van der Waals surface area (Å²) in [6, 6.07) is 5.60. The van der Waals surface area contributed by atoms with E-state index in [0.29, 0.717) is 5.56 Å². The number of hydrogen-bond acceptors (Lipinski definition) is 5. The normalized spacial score (nSPS) is 11.6. The van der Waals surface area contributed by atoms with E-state index in [-0.39, 0.29) is 23.9 Å². The molecule has 0 fully saturated rings. The van der Waals surface area contributed by atoms with Crippen LogP contribution in [0.25, 0.3) is 0 Å². The molecule has 0 aliphatic rings. The summed E-state index contributed by atoms with van der Waals surface area (Å²) in [5.74, 6) is -1.62. The van der Waals surface area contributed by atoms with Gasteiger partial charge >= 0.3 is 0 Å². The molecule has 1 aromatic heterocycles. The summed E-state index contributed by atoms with van der Waals surface area (Å²) in [6.07, 6.45) is 1.58. The number of nitrogens with one attached hydrogen (secondary N) is 1. The molecule has 150 valence electrons. The predicted octanol–water partition coefficient (Wildman–Crippen LogP) is 1.38.